The molecule has 4 aromatic carbocycles. The van der Waals surface area contributed by atoms with Crippen LogP contribution in [0, 0.1) is 46.8 Å². The second kappa shape index (κ2) is 14.6. The number of aromatic nitrogens is 3. The van der Waals surface area contributed by atoms with Crippen LogP contribution in [-0.4, -0.2) is 15.0 Å². The molecule has 5 heteroatoms. The first-order chi connectivity index (χ1) is 23.9. The summed E-state index contributed by atoms with van der Waals surface area (Å²) >= 11 is 1.72. The Labute approximate surface area is 319 Å². The third-order valence-electron chi connectivity index (χ3n) is 9.56. The van der Waals surface area contributed by atoms with Crippen LogP contribution in [0.5, 0.6) is 0 Å². The Morgan fingerprint density at radius 3 is 2.16 bits per heavy atom. The Balaban J connectivity index is 0.000000222. The smallest absolute Gasteiger partial charge is 0.0283 e. The third-order valence-corrected chi connectivity index (χ3v) is 10.5. The summed E-state index contributed by atoms with van der Waals surface area (Å²) in [6.45, 7) is 17.3. The predicted octanol–water partition coefficient (Wildman–Crippen LogP) is 12.5. The molecule has 0 saturated heterocycles. The molecule has 51 heavy (non-hydrogen) atoms. The van der Waals surface area contributed by atoms with E-state index in [0.717, 1.165) is 49.9 Å². The van der Waals surface area contributed by atoms with E-state index in [-0.39, 0.29) is 25.5 Å². The maximum Gasteiger partial charge on any atom is 0.0283 e. The molecule has 0 aliphatic heterocycles. The van der Waals surface area contributed by atoms with Crippen LogP contribution in [0.15, 0.2) is 103 Å². The molecule has 0 bridgehead atoms. The summed E-state index contributed by atoms with van der Waals surface area (Å²) in [4.78, 5) is 14.0. The Bertz CT molecular complexity index is 2490. The van der Waals surface area contributed by atoms with Crippen molar-refractivity contribution in [3.8, 4) is 33.6 Å². The van der Waals surface area contributed by atoms with Gasteiger partial charge in [0.2, 0.25) is 0 Å². The van der Waals surface area contributed by atoms with Crippen molar-refractivity contribution in [2.75, 3.05) is 0 Å². The molecular formula is C46H41IrN3S-2. The molecule has 3 nitrogen and oxygen atoms in total. The number of benzene rings is 4. The van der Waals surface area contributed by atoms with Crippen LogP contribution < -0.4 is 0 Å². The zero-order valence-electron chi connectivity index (χ0n) is 30.4. The fourth-order valence-electron chi connectivity index (χ4n) is 6.17. The molecule has 8 aromatic rings. The summed E-state index contributed by atoms with van der Waals surface area (Å²) in [5.41, 5.74) is 15.1. The van der Waals surface area contributed by atoms with Crippen LogP contribution in [0.25, 0.3) is 65.4 Å². The maximum atomic E-state index is 4.77. The van der Waals surface area contributed by atoms with Gasteiger partial charge in [0.05, 0.1) is 0 Å². The van der Waals surface area contributed by atoms with Crippen molar-refractivity contribution in [2.24, 2.45) is 0 Å². The van der Waals surface area contributed by atoms with Crippen molar-refractivity contribution in [3.05, 3.63) is 148 Å². The van der Waals surface area contributed by atoms with Gasteiger partial charge in [0.15, 0.2) is 0 Å². The fraction of sp³-hybridized carbons (Fsp3) is 0.196. The summed E-state index contributed by atoms with van der Waals surface area (Å²) < 4.78 is 1.18. The normalized spacial score (nSPS) is 11.4. The molecule has 0 amide bonds. The van der Waals surface area contributed by atoms with E-state index >= 15 is 0 Å². The molecule has 0 fully saturated rings. The summed E-state index contributed by atoms with van der Waals surface area (Å²) in [5, 5.41) is 6.83. The van der Waals surface area contributed by atoms with Gasteiger partial charge >= 0.3 is 0 Å². The van der Waals surface area contributed by atoms with Crippen molar-refractivity contribution < 1.29 is 20.1 Å². The van der Waals surface area contributed by atoms with Crippen LogP contribution in [0.2, 0.25) is 0 Å². The average Bonchev–Trinajstić information content (AvgIpc) is 3.59. The molecule has 0 atom stereocenters. The number of rotatable bonds is 3. The van der Waals surface area contributed by atoms with Gasteiger partial charge in [-0.05, 0) is 92.7 Å². The van der Waals surface area contributed by atoms with Crippen molar-refractivity contribution in [3.63, 3.8) is 0 Å². The topological polar surface area (TPSA) is 38.7 Å². The zero-order chi connectivity index (χ0) is 35.2. The average molecular weight is 860 g/mol. The molecule has 4 heterocycles. The van der Waals surface area contributed by atoms with Crippen LogP contribution >= 0.6 is 11.3 Å². The van der Waals surface area contributed by atoms with Gasteiger partial charge in [0, 0.05) is 49.9 Å². The molecule has 0 saturated carbocycles. The summed E-state index contributed by atoms with van der Waals surface area (Å²) in [6, 6.07) is 35.3. The van der Waals surface area contributed by atoms with E-state index in [1.54, 1.807) is 11.3 Å². The van der Waals surface area contributed by atoms with E-state index in [1.165, 1.54) is 48.9 Å². The summed E-state index contributed by atoms with van der Waals surface area (Å²) in [6.07, 6.45) is 5.77. The van der Waals surface area contributed by atoms with E-state index in [4.69, 9.17) is 9.97 Å². The maximum absolute atomic E-state index is 4.77. The van der Waals surface area contributed by atoms with E-state index in [1.807, 2.05) is 24.7 Å². The molecule has 4 aromatic heterocycles. The van der Waals surface area contributed by atoms with Gasteiger partial charge in [0.1, 0.15) is 0 Å². The van der Waals surface area contributed by atoms with Gasteiger partial charge in [-0.25, -0.2) is 0 Å². The summed E-state index contributed by atoms with van der Waals surface area (Å²) in [5.74, 6) is 0. The first kappa shape index (κ1) is 36.3. The molecule has 0 aliphatic rings. The molecule has 0 N–H and O–H groups in total. The predicted molar refractivity (Wildman–Crippen MR) is 213 cm³/mol. The minimum Gasteiger partial charge on any atom is -0.304 e. The SMILES string of the molecule is Cc1c[c-]c(-c2cc(C)c(C)cn2)cc1C.Cc1cnc2c(c1)c(-c1cc(-c3ccc4cc(C(C)(C)C)ccc4c3)ccn1)[c-]c1ccsc12.[Ir]. The van der Waals surface area contributed by atoms with E-state index in [0.29, 0.717) is 0 Å². The van der Waals surface area contributed by atoms with E-state index < -0.39 is 0 Å². The number of pyridine rings is 3. The van der Waals surface area contributed by atoms with Gasteiger partial charge in [-0.3, -0.25) is 9.97 Å². The molecule has 0 unspecified atom stereocenters. The molecule has 257 valence electrons. The Kier molecular flexibility index (Phi) is 10.4. The molecule has 1 radical (unpaired) electrons. The molecule has 8 rings (SSSR count). The van der Waals surface area contributed by atoms with Crippen LogP contribution in [0.1, 0.15) is 54.2 Å². The van der Waals surface area contributed by atoms with Crippen LogP contribution in [-0.2, 0) is 25.5 Å². The molecule has 0 aliphatic carbocycles. The van der Waals surface area contributed by atoms with Gasteiger partial charge in [-0.1, -0.05) is 99.7 Å². The molecule has 0 spiro atoms. The minimum atomic E-state index is 0. The monoisotopic (exact) mass is 860 g/mol. The van der Waals surface area contributed by atoms with Crippen LogP contribution in [0.3, 0.4) is 0 Å². The molecular weight excluding hydrogens is 819 g/mol. The first-order valence-corrected chi connectivity index (χ1v) is 17.9. The number of thiophene rings is 1. The van der Waals surface area contributed by atoms with Crippen LogP contribution in [0.4, 0.5) is 0 Å². The van der Waals surface area contributed by atoms with Gasteiger partial charge < -0.3 is 4.98 Å². The van der Waals surface area contributed by atoms with Gasteiger partial charge in [-0.15, -0.1) is 52.4 Å². The van der Waals surface area contributed by atoms with Gasteiger partial charge in [-0.2, -0.15) is 11.3 Å². The van der Waals surface area contributed by atoms with Crippen molar-refractivity contribution >= 4 is 43.1 Å². The standard InChI is InChI=1S/C31H25N2S.C15H16N.Ir/c1-19-13-27-26(16-24-10-12-34-30(24)29(27)33-18-19)28-17-23(9-11-32-28)20-5-6-22-15-25(31(2,3)4)8-7-21(22)14-20;1-10-5-6-14(7-11(10)2)15-8-12(3)13(4)9-16-15;/h5-15,17-18H,1-4H3;5,7-9H,1-4H3;/q2*-1;. The van der Waals surface area contributed by atoms with Crippen molar-refractivity contribution in [1.82, 2.24) is 15.0 Å². The number of hydrogen-bond acceptors (Lipinski definition) is 4. The Morgan fingerprint density at radius 1 is 0.647 bits per heavy atom. The van der Waals surface area contributed by atoms with Gasteiger partial charge in [0.25, 0.3) is 0 Å². The van der Waals surface area contributed by atoms with E-state index in [9.17, 15) is 0 Å². The van der Waals surface area contributed by atoms with Crippen molar-refractivity contribution in [2.45, 2.75) is 60.8 Å². The number of aryl methyl sites for hydroxylation is 5. The Morgan fingerprint density at radius 2 is 1.39 bits per heavy atom. The fourth-order valence-corrected chi connectivity index (χ4v) is 7.03. The minimum absolute atomic E-state index is 0. The quantitative estimate of drug-likeness (QED) is 0.166. The third kappa shape index (κ3) is 7.58. The number of hydrogen-bond donors (Lipinski definition) is 0. The first-order valence-electron chi connectivity index (χ1n) is 17.1. The summed E-state index contributed by atoms with van der Waals surface area (Å²) in [7, 11) is 0. The number of fused-ring (bicyclic) bond motifs is 4. The Hall–Kier alpha value is -4.54. The second-order valence-electron chi connectivity index (χ2n) is 14.4. The van der Waals surface area contributed by atoms with E-state index in [2.05, 4.69) is 151 Å². The van der Waals surface area contributed by atoms with Crippen molar-refractivity contribution in [1.29, 1.82) is 0 Å². The number of nitrogens with zero attached hydrogens (tertiary/aromatic N) is 3. The zero-order valence-corrected chi connectivity index (χ0v) is 33.6. The second-order valence-corrected chi connectivity index (χ2v) is 15.3. The largest absolute Gasteiger partial charge is 0.304 e.